The average molecular weight is 406 g/mol. The summed E-state index contributed by atoms with van der Waals surface area (Å²) in [7, 11) is 0. The molecule has 0 saturated carbocycles. The molecule has 3 aromatic rings. The maximum Gasteiger partial charge on any atom is 0.260 e. The number of fused-ring (bicyclic) bond motifs is 1. The molecule has 156 valence electrons. The molecule has 0 aliphatic carbocycles. The van der Waals surface area contributed by atoms with Crippen LogP contribution in [0.15, 0.2) is 42.7 Å². The normalized spacial score (nSPS) is 14.6. The van der Waals surface area contributed by atoms with Gasteiger partial charge in [0.25, 0.3) is 11.8 Å². The molecule has 2 amide bonds. The van der Waals surface area contributed by atoms with E-state index in [0.717, 1.165) is 23.0 Å². The van der Waals surface area contributed by atoms with E-state index < -0.39 is 0 Å². The summed E-state index contributed by atoms with van der Waals surface area (Å²) in [6, 6.07) is 11.3. The Bertz CT molecular complexity index is 1080. The van der Waals surface area contributed by atoms with E-state index in [1.165, 1.54) is 5.56 Å². The van der Waals surface area contributed by atoms with Gasteiger partial charge in [0.05, 0.1) is 17.4 Å². The third-order valence-corrected chi connectivity index (χ3v) is 5.64. The number of aromatic amines is 1. The lowest BCUT2D eigenvalue weighted by Gasteiger charge is -2.22. The number of benzene rings is 2. The number of aromatic nitrogens is 2. The Morgan fingerprint density at radius 3 is 2.63 bits per heavy atom. The van der Waals surface area contributed by atoms with E-state index >= 15 is 0 Å². The second-order valence-corrected chi connectivity index (χ2v) is 7.70. The van der Waals surface area contributed by atoms with E-state index in [-0.39, 0.29) is 18.4 Å². The van der Waals surface area contributed by atoms with Gasteiger partial charge in [-0.1, -0.05) is 6.07 Å². The number of H-pyrrole nitrogens is 1. The third-order valence-electron chi connectivity index (χ3n) is 5.64. The number of rotatable bonds is 4. The second kappa shape index (κ2) is 8.57. The van der Waals surface area contributed by atoms with Crippen LogP contribution in [0.3, 0.4) is 0 Å². The summed E-state index contributed by atoms with van der Waals surface area (Å²) >= 11 is 0. The Morgan fingerprint density at radius 1 is 1.00 bits per heavy atom. The van der Waals surface area contributed by atoms with Crippen LogP contribution >= 0.6 is 0 Å². The largest absolute Gasteiger partial charge is 0.484 e. The van der Waals surface area contributed by atoms with Crippen molar-refractivity contribution in [1.82, 2.24) is 19.8 Å². The highest BCUT2D eigenvalue weighted by Gasteiger charge is 2.23. The van der Waals surface area contributed by atoms with Crippen molar-refractivity contribution in [2.45, 2.75) is 20.3 Å². The minimum atomic E-state index is -0.0543. The van der Waals surface area contributed by atoms with Crippen LogP contribution in [0.5, 0.6) is 5.75 Å². The van der Waals surface area contributed by atoms with Gasteiger partial charge in [-0.3, -0.25) is 9.59 Å². The Hall–Kier alpha value is -3.35. The van der Waals surface area contributed by atoms with Crippen molar-refractivity contribution >= 4 is 22.8 Å². The second-order valence-electron chi connectivity index (χ2n) is 7.70. The van der Waals surface area contributed by atoms with Gasteiger partial charge in [-0.2, -0.15) is 0 Å². The maximum absolute atomic E-state index is 12.9. The fraction of sp³-hybridized carbons (Fsp3) is 0.348. The van der Waals surface area contributed by atoms with Gasteiger partial charge >= 0.3 is 0 Å². The Balaban J connectivity index is 1.34. The molecule has 0 spiro atoms. The van der Waals surface area contributed by atoms with Crippen LogP contribution in [0.2, 0.25) is 0 Å². The molecule has 1 N–H and O–H groups in total. The van der Waals surface area contributed by atoms with Crippen molar-refractivity contribution in [3.8, 4) is 5.75 Å². The number of ether oxygens (including phenoxy) is 1. The van der Waals surface area contributed by atoms with Crippen LogP contribution in [0, 0.1) is 13.8 Å². The highest BCUT2D eigenvalue weighted by molar-refractivity contribution is 5.97. The number of hydrogen-bond donors (Lipinski definition) is 1. The highest BCUT2D eigenvalue weighted by Crippen LogP contribution is 2.17. The average Bonchev–Trinajstić information content (AvgIpc) is 3.08. The zero-order chi connectivity index (χ0) is 21.1. The summed E-state index contributed by atoms with van der Waals surface area (Å²) in [6.07, 6.45) is 2.36. The first-order chi connectivity index (χ1) is 14.5. The third kappa shape index (κ3) is 4.30. The van der Waals surface area contributed by atoms with E-state index in [1.54, 1.807) is 17.3 Å². The smallest absolute Gasteiger partial charge is 0.260 e. The first-order valence-corrected chi connectivity index (χ1v) is 10.2. The lowest BCUT2D eigenvalue weighted by molar-refractivity contribution is -0.133. The van der Waals surface area contributed by atoms with E-state index in [2.05, 4.69) is 9.97 Å². The monoisotopic (exact) mass is 406 g/mol. The van der Waals surface area contributed by atoms with Gasteiger partial charge in [0.1, 0.15) is 5.75 Å². The molecule has 2 heterocycles. The zero-order valence-corrected chi connectivity index (χ0v) is 17.4. The first-order valence-electron chi connectivity index (χ1n) is 10.2. The standard InChI is InChI=1S/C23H26N4O3/c1-16-4-6-19(12-17(16)2)30-14-22(28)26-8-3-9-27(11-10-26)23(29)18-5-7-20-21(13-18)25-15-24-20/h4-7,12-13,15H,3,8-11,14H2,1-2H3,(H,24,25). The molecule has 30 heavy (non-hydrogen) atoms. The molecular weight excluding hydrogens is 380 g/mol. The molecule has 0 atom stereocenters. The molecule has 1 aliphatic rings. The van der Waals surface area contributed by atoms with Gasteiger partial charge in [0.2, 0.25) is 0 Å². The lowest BCUT2D eigenvalue weighted by Crippen LogP contribution is -2.39. The number of aryl methyl sites for hydroxylation is 2. The molecule has 0 radical (unpaired) electrons. The molecule has 7 nitrogen and oxygen atoms in total. The minimum Gasteiger partial charge on any atom is -0.484 e. The minimum absolute atomic E-state index is 0.00688. The molecule has 0 unspecified atom stereocenters. The van der Waals surface area contributed by atoms with E-state index in [0.29, 0.717) is 37.5 Å². The number of amides is 2. The zero-order valence-electron chi connectivity index (χ0n) is 17.4. The number of carbonyl (C=O) groups is 2. The summed E-state index contributed by atoms with van der Waals surface area (Å²) in [4.78, 5) is 36.4. The molecule has 7 heteroatoms. The van der Waals surface area contributed by atoms with Gasteiger partial charge in [-0.25, -0.2) is 4.98 Å². The van der Waals surface area contributed by atoms with Gasteiger partial charge in [0, 0.05) is 31.7 Å². The van der Waals surface area contributed by atoms with Crippen molar-refractivity contribution in [2.75, 3.05) is 32.8 Å². The van der Waals surface area contributed by atoms with Crippen molar-refractivity contribution < 1.29 is 14.3 Å². The van der Waals surface area contributed by atoms with E-state index in [9.17, 15) is 9.59 Å². The van der Waals surface area contributed by atoms with Crippen LogP contribution in [0.25, 0.3) is 11.0 Å². The number of imidazole rings is 1. The quantitative estimate of drug-likeness (QED) is 0.723. The van der Waals surface area contributed by atoms with Crippen LogP contribution in [-0.4, -0.2) is 64.4 Å². The SMILES string of the molecule is Cc1ccc(OCC(=O)N2CCCN(C(=O)c3ccc4nc[nH]c4c3)CC2)cc1C. The Morgan fingerprint density at radius 2 is 1.80 bits per heavy atom. The summed E-state index contributed by atoms with van der Waals surface area (Å²) < 4.78 is 5.69. The topological polar surface area (TPSA) is 78.5 Å². The summed E-state index contributed by atoms with van der Waals surface area (Å²) in [5, 5.41) is 0. The van der Waals surface area contributed by atoms with Gasteiger partial charge in [0.15, 0.2) is 6.61 Å². The van der Waals surface area contributed by atoms with Gasteiger partial charge < -0.3 is 19.5 Å². The Kier molecular flexibility index (Phi) is 5.70. The van der Waals surface area contributed by atoms with Crippen molar-refractivity contribution in [1.29, 1.82) is 0 Å². The molecule has 2 aromatic carbocycles. The van der Waals surface area contributed by atoms with Gasteiger partial charge in [-0.05, 0) is 61.7 Å². The maximum atomic E-state index is 12.9. The van der Waals surface area contributed by atoms with Crippen molar-refractivity contribution in [2.24, 2.45) is 0 Å². The molecule has 1 saturated heterocycles. The number of carbonyl (C=O) groups excluding carboxylic acids is 2. The van der Waals surface area contributed by atoms with Crippen molar-refractivity contribution in [3.05, 3.63) is 59.4 Å². The summed E-state index contributed by atoms with van der Waals surface area (Å²) in [5.41, 5.74) is 4.64. The molecular formula is C23H26N4O3. The molecule has 0 bridgehead atoms. The fourth-order valence-corrected chi connectivity index (χ4v) is 3.66. The predicted molar refractivity (Wildman–Crippen MR) is 115 cm³/mol. The lowest BCUT2D eigenvalue weighted by atomic mass is 10.1. The predicted octanol–water partition coefficient (Wildman–Crippen LogP) is 2.93. The molecule has 1 aliphatic heterocycles. The van der Waals surface area contributed by atoms with E-state index in [4.69, 9.17) is 4.74 Å². The van der Waals surface area contributed by atoms with Crippen LogP contribution in [0.1, 0.15) is 27.9 Å². The van der Waals surface area contributed by atoms with Crippen LogP contribution < -0.4 is 4.74 Å². The number of hydrogen-bond acceptors (Lipinski definition) is 4. The number of nitrogens with zero attached hydrogens (tertiary/aromatic N) is 3. The number of nitrogens with one attached hydrogen (secondary N) is 1. The fourth-order valence-electron chi connectivity index (χ4n) is 3.66. The van der Waals surface area contributed by atoms with Crippen LogP contribution in [-0.2, 0) is 4.79 Å². The van der Waals surface area contributed by atoms with Crippen LogP contribution in [0.4, 0.5) is 0 Å². The molecule has 4 rings (SSSR count). The summed E-state index contributed by atoms with van der Waals surface area (Å²) in [5.74, 6) is 0.626. The Labute approximate surface area is 175 Å². The first kappa shape index (κ1) is 19.9. The summed E-state index contributed by atoms with van der Waals surface area (Å²) in [6.45, 7) is 6.34. The van der Waals surface area contributed by atoms with E-state index in [1.807, 2.05) is 49.1 Å². The molecule has 1 aromatic heterocycles. The molecule has 1 fully saturated rings. The van der Waals surface area contributed by atoms with Gasteiger partial charge in [-0.15, -0.1) is 0 Å². The highest BCUT2D eigenvalue weighted by atomic mass is 16.5. The van der Waals surface area contributed by atoms with Crippen molar-refractivity contribution in [3.63, 3.8) is 0 Å².